The summed E-state index contributed by atoms with van der Waals surface area (Å²) in [6, 6.07) is 18.8. The van der Waals surface area contributed by atoms with E-state index in [1.165, 1.54) is 47.9 Å². The summed E-state index contributed by atoms with van der Waals surface area (Å²) < 4.78 is 71.7. The van der Waals surface area contributed by atoms with Crippen molar-refractivity contribution in [3.8, 4) is 5.75 Å². The van der Waals surface area contributed by atoms with Gasteiger partial charge in [0.25, 0.3) is 15.9 Å². The molecule has 3 heterocycles. The number of anilines is 2. The molecule has 0 aliphatic carbocycles. The summed E-state index contributed by atoms with van der Waals surface area (Å²) in [5.74, 6) is -0.645. The van der Waals surface area contributed by atoms with Crippen LogP contribution in [0.1, 0.15) is 10.4 Å². The number of aromatic nitrogens is 2. The number of carbonyl (C=O) groups excluding carboxylic acids is 1. The van der Waals surface area contributed by atoms with E-state index in [0.717, 1.165) is 0 Å². The number of alkyl halides is 3. The highest BCUT2D eigenvalue weighted by atomic mass is 32.2. The fourth-order valence-electron chi connectivity index (χ4n) is 4.75. The van der Waals surface area contributed by atoms with Crippen LogP contribution in [0.15, 0.2) is 83.9 Å². The Kier molecular flexibility index (Phi) is 7.10. The minimum atomic E-state index is -4.78. The lowest BCUT2D eigenvalue weighted by Gasteiger charge is -2.34. The van der Waals surface area contributed by atoms with Crippen LogP contribution in [0.4, 0.5) is 24.0 Å². The van der Waals surface area contributed by atoms with Crippen LogP contribution >= 0.6 is 11.3 Å². The summed E-state index contributed by atoms with van der Waals surface area (Å²) in [5, 5.41) is 1.30. The fourth-order valence-corrected chi connectivity index (χ4v) is 7.05. The maximum absolute atomic E-state index is 13.5. The van der Waals surface area contributed by atoms with Crippen molar-refractivity contribution in [2.75, 3.05) is 35.8 Å². The maximum atomic E-state index is 13.5. The van der Waals surface area contributed by atoms with Crippen LogP contribution in [0.3, 0.4) is 0 Å². The molecule has 1 aliphatic rings. The van der Waals surface area contributed by atoms with Gasteiger partial charge in [-0.1, -0.05) is 41.7 Å². The number of nitrogens with zero attached hydrogens (tertiary/aromatic N) is 4. The Morgan fingerprint density at radius 2 is 1.71 bits per heavy atom. The molecule has 42 heavy (non-hydrogen) atoms. The molecule has 0 atom stereocenters. The molecule has 0 spiro atoms. The number of para-hydroxylation sites is 2. The Morgan fingerprint density at radius 3 is 2.50 bits per heavy atom. The molecule has 1 amide bonds. The molecule has 9 nitrogen and oxygen atoms in total. The zero-order valence-electron chi connectivity index (χ0n) is 21.7. The standard InChI is InChI=1S/C28H22F3N5O4S2/c29-28(30,31)40-19-10-11-22-23(17-19)41-27(33-22)36-15-13-35(14-16-36)26(37)20-7-1-2-8-21(20)34-42(38,39)24-9-3-5-18-6-4-12-32-25(18)24/h1-12,17,34H,13-16H2. The minimum Gasteiger partial charge on any atom is -0.406 e. The number of rotatable bonds is 6. The molecule has 0 unspecified atom stereocenters. The minimum absolute atomic E-state index is 0.00407. The van der Waals surface area contributed by atoms with Gasteiger partial charge < -0.3 is 14.5 Å². The van der Waals surface area contributed by atoms with Crippen molar-refractivity contribution in [3.05, 3.63) is 84.6 Å². The van der Waals surface area contributed by atoms with E-state index in [0.29, 0.717) is 52.4 Å². The molecule has 2 aromatic heterocycles. The van der Waals surface area contributed by atoms with Crippen molar-refractivity contribution in [3.63, 3.8) is 0 Å². The SMILES string of the molecule is O=C(c1ccccc1NS(=O)(=O)c1cccc2cccnc12)N1CCN(c2nc3ccc(OC(F)(F)F)cc3s2)CC1. The summed E-state index contributed by atoms with van der Waals surface area (Å²) in [5.41, 5.74) is 1.23. The average molecular weight is 614 g/mol. The van der Waals surface area contributed by atoms with Gasteiger partial charge in [-0.3, -0.25) is 14.5 Å². The summed E-state index contributed by atoms with van der Waals surface area (Å²) in [7, 11) is -4.07. The number of amides is 1. The van der Waals surface area contributed by atoms with Crippen LogP contribution in [0.25, 0.3) is 21.1 Å². The van der Waals surface area contributed by atoms with Crippen LogP contribution in [0.5, 0.6) is 5.75 Å². The van der Waals surface area contributed by atoms with Gasteiger partial charge in [0.2, 0.25) is 0 Å². The van der Waals surface area contributed by atoms with Crippen molar-refractivity contribution in [1.29, 1.82) is 0 Å². The van der Waals surface area contributed by atoms with Gasteiger partial charge in [0, 0.05) is 43.8 Å². The molecule has 1 N–H and O–H groups in total. The Balaban J connectivity index is 1.17. The molecule has 1 aliphatic heterocycles. The largest absolute Gasteiger partial charge is 0.573 e. The molecular weight excluding hydrogens is 591 g/mol. The van der Waals surface area contributed by atoms with Gasteiger partial charge in [0.05, 0.1) is 27.0 Å². The zero-order chi connectivity index (χ0) is 29.5. The number of ether oxygens (including phenoxy) is 1. The Morgan fingerprint density at radius 1 is 0.952 bits per heavy atom. The molecule has 216 valence electrons. The third kappa shape index (κ3) is 5.67. The molecule has 0 radical (unpaired) electrons. The van der Waals surface area contributed by atoms with Crippen LogP contribution in [0, 0.1) is 0 Å². The molecule has 0 bridgehead atoms. The number of hydrogen-bond donors (Lipinski definition) is 1. The topological polar surface area (TPSA) is 105 Å². The van der Waals surface area contributed by atoms with Crippen molar-refractivity contribution < 1.29 is 31.1 Å². The predicted octanol–water partition coefficient (Wildman–Crippen LogP) is 5.51. The fraction of sp³-hybridized carbons (Fsp3) is 0.179. The zero-order valence-corrected chi connectivity index (χ0v) is 23.3. The Hall–Kier alpha value is -4.43. The second-order valence-electron chi connectivity index (χ2n) is 9.44. The lowest BCUT2D eigenvalue weighted by Crippen LogP contribution is -2.48. The normalized spacial score (nSPS) is 14.4. The predicted molar refractivity (Wildman–Crippen MR) is 153 cm³/mol. The number of piperazine rings is 1. The number of fused-ring (bicyclic) bond motifs is 2. The van der Waals surface area contributed by atoms with E-state index in [1.807, 2.05) is 4.90 Å². The van der Waals surface area contributed by atoms with E-state index in [-0.39, 0.29) is 27.8 Å². The highest BCUT2D eigenvalue weighted by Gasteiger charge is 2.31. The quantitative estimate of drug-likeness (QED) is 0.270. The van der Waals surface area contributed by atoms with Gasteiger partial charge in [-0.25, -0.2) is 13.4 Å². The monoisotopic (exact) mass is 613 g/mol. The van der Waals surface area contributed by atoms with E-state index in [1.54, 1.807) is 47.4 Å². The summed E-state index contributed by atoms with van der Waals surface area (Å²) in [6.45, 7) is 1.55. The van der Waals surface area contributed by atoms with Gasteiger partial charge in [0.15, 0.2) is 5.13 Å². The molecule has 3 aromatic carbocycles. The van der Waals surface area contributed by atoms with E-state index in [4.69, 9.17) is 0 Å². The smallest absolute Gasteiger partial charge is 0.406 e. The first-order chi connectivity index (χ1) is 20.1. The first-order valence-electron chi connectivity index (χ1n) is 12.7. The van der Waals surface area contributed by atoms with E-state index >= 15 is 0 Å². The molecule has 5 aromatic rings. The Bertz CT molecular complexity index is 1900. The van der Waals surface area contributed by atoms with E-state index in [2.05, 4.69) is 19.4 Å². The highest BCUT2D eigenvalue weighted by molar-refractivity contribution is 7.93. The average Bonchev–Trinajstić information content (AvgIpc) is 3.39. The first-order valence-corrected chi connectivity index (χ1v) is 15.0. The van der Waals surface area contributed by atoms with Gasteiger partial charge in [-0.05, 0) is 36.4 Å². The van der Waals surface area contributed by atoms with Crippen LogP contribution in [-0.4, -0.2) is 61.7 Å². The molecule has 6 rings (SSSR count). The van der Waals surface area contributed by atoms with Crippen molar-refractivity contribution >= 4 is 59.2 Å². The first kappa shape index (κ1) is 27.7. The lowest BCUT2D eigenvalue weighted by molar-refractivity contribution is -0.274. The summed E-state index contributed by atoms with van der Waals surface area (Å²) in [6.07, 6.45) is -3.26. The number of benzene rings is 3. The van der Waals surface area contributed by atoms with Gasteiger partial charge >= 0.3 is 6.36 Å². The van der Waals surface area contributed by atoms with Crippen molar-refractivity contribution in [1.82, 2.24) is 14.9 Å². The highest BCUT2D eigenvalue weighted by Crippen LogP contribution is 2.34. The molecule has 14 heteroatoms. The molecule has 0 saturated carbocycles. The summed E-state index contributed by atoms with van der Waals surface area (Å²) >= 11 is 1.24. The maximum Gasteiger partial charge on any atom is 0.573 e. The third-order valence-corrected chi connectivity index (χ3v) is 9.18. The molecular formula is C28H22F3N5O4S2. The number of sulfonamides is 1. The third-order valence-electron chi connectivity index (χ3n) is 6.71. The van der Waals surface area contributed by atoms with Gasteiger partial charge in [-0.15, -0.1) is 13.2 Å². The number of nitrogens with one attached hydrogen (secondary N) is 1. The van der Waals surface area contributed by atoms with Gasteiger partial charge in [0.1, 0.15) is 10.6 Å². The van der Waals surface area contributed by atoms with Crippen LogP contribution in [0.2, 0.25) is 0 Å². The number of halogens is 3. The molecule has 1 fully saturated rings. The number of pyridine rings is 1. The Labute approximate surface area is 242 Å². The summed E-state index contributed by atoms with van der Waals surface area (Å²) in [4.78, 5) is 25.9. The number of thiazole rings is 1. The number of carbonyl (C=O) groups is 1. The van der Waals surface area contributed by atoms with E-state index < -0.39 is 16.4 Å². The second-order valence-corrected chi connectivity index (χ2v) is 12.1. The lowest BCUT2D eigenvalue weighted by atomic mass is 10.1. The van der Waals surface area contributed by atoms with Crippen molar-refractivity contribution in [2.45, 2.75) is 11.3 Å². The van der Waals surface area contributed by atoms with Crippen molar-refractivity contribution in [2.24, 2.45) is 0 Å². The molecule has 1 saturated heterocycles. The second kappa shape index (κ2) is 10.8. The number of hydrogen-bond acceptors (Lipinski definition) is 8. The van der Waals surface area contributed by atoms with Crippen LogP contribution in [-0.2, 0) is 10.0 Å². The van der Waals surface area contributed by atoms with Crippen LogP contribution < -0.4 is 14.4 Å². The van der Waals surface area contributed by atoms with E-state index in [9.17, 15) is 26.4 Å². The van der Waals surface area contributed by atoms with Gasteiger partial charge in [-0.2, -0.15) is 0 Å².